The first-order valence-corrected chi connectivity index (χ1v) is 8.54. The fourth-order valence-corrected chi connectivity index (χ4v) is 4.49. The zero-order valence-corrected chi connectivity index (χ0v) is 12.1. The standard InChI is InChI=1S/C12H12O6S2/c1-2-8-7-9-5-3-4-6-10(9)12(20(16,17)18)11(8)19(13,14)15/h3-7H,2H2,1H3,(H,13,14,15)(H,16,17,18). The van der Waals surface area contributed by atoms with Gasteiger partial charge in [-0.25, -0.2) is 0 Å². The van der Waals surface area contributed by atoms with Gasteiger partial charge in [-0.15, -0.1) is 0 Å². The van der Waals surface area contributed by atoms with Crippen LogP contribution in [0.25, 0.3) is 10.8 Å². The zero-order chi connectivity index (χ0) is 15.1. The third kappa shape index (κ3) is 2.55. The molecular weight excluding hydrogens is 304 g/mol. The summed E-state index contributed by atoms with van der Waals surface area (Å²) in [6.45, 7) is 1.62. The fraction of sp³-hybridized carbons (Fsp3) is 0.167. The predicted octanol–water partition coefficient (Wildman–Crippen LogP) is 1.90. The van der Waals surface area contributed by atoms with Crippen molar-refractivity contribution in [1.82, 2.24) is 0 Å². The van der Waals surface area contributed by atoms with E-state index in [0.717, 1.165) is 0 Å². The molecule has 0 saturated heterocycles. The van der Waals surface area contributed by atoms with Crippen molar-refractivity contribution in [3.63, 3.8) is 0 Å². The van der Waals surface area contributed by atoms with Crippen molar-refractivity contribution in [2.75, 3.05) is 0 Å². The van der Waals surface area contributed by atoms with Gasteiger partial charge in [-0.3, -0.25) is 9.11 Å². The monoisotopic (exact) mass is 316 g/mol. The van der Waals surface area contributed by atoms with Crippen LogP contribution < -0.4 is 0 Å². The van der Waals surface area contributed by atoms with Crippen LogP contribution >= 0.6 is 0 Å². The minimum Gasteiger partial charge on any atom is -0.282 e. The Morgan fingerprint density at radius 3 is 2.00 bits per heavy atom. The summed E-state index contributed by atoms with van der Waals surface area (Å²) >= 11 is 0. The highest BCUT2D eigenvalue weighted by atomic mass is 32.2. The number of hydrogen-bond donors (Lipinski definition) is 2. The second-order valence-electron chi connectivity index (χ2n) is 4.22. The van der Waals surface area contributed by atoms with Crippen molar-refractivity contribution < 1.29 is 25.9 Å². The Balaban J connectivity index is 3.18. The maximum absolute atomic E-state index is 11.6. The molecule has 0 spiro atoms. The van der Waals surface area contributed by atoms with Crippen LogP contribution in [-0.2, 0) is 26.7 Å². The second-order valence-corrected chi connectivity index (χ2v) is 6.94. The van der Waals surface area contributed by atoms with Crippen molar-refractivity contribution in [1.29, 1.82) is 0 Å². The summed E-state index contributed by atoms with van der Waals surface area (Å²) < 4.78 is 64.8. The Kier molecular flexibility index (Phi) is 3.59. The van der Waals surface area contributed by atoms with Crippen molar-refractivity contribution in [2.24, 2.45) is 0 Å². The SMILES string of the molecule is CCc1cc2ccccc2c(S(=O)(=O)O)c1S(=O)(=O)O. The Bertz CT molecular complexity index is 882. The van der Waals surface area contributed by atoms with Crippen molar-refractivity contribution >= 4 is 31.0 Å². The molecular formula is C12H12O6S2. The molecule has 108 valence electrons. The summed E-state index contributed by atoms with van der Waals surface area (Å²) in [4.78, 5) is -1.55. The van der Waals surface area contributed by atoms with Gasteiger partial charge in [-0.2, -0.15) is 16.8 Å². The van der Waals surface area contributed by atoms with Gasteiger partial charge in [0.2, 0.25) is 0 Å². The summed E-state index contributed by atoms with van der Waals surface area (Å²) in [7, 11) is -9.60. The van der Waals surface area contributed by atoms with Gasteiger partial charge in [0.05, 0.1) is 0 Å². The van der Waals surface area contributed by atoms with Gasteiger partial charge in [-0.05, 0) is 23.4 Å². The average molecular weight is 316 g/mol. The molecule has 0 bridgehead atoms. The molecule has 0 heterocycles. The lowest BCUT2D eigenvalue weighted by atomic mass is 10.1. The van der Waals surface area contributed by atoms with Crippen LogP contribution in [0.2, 0.25) is 0 Å². The van der Waals surface area contributed by atoms with Gasteiger partial charge < -0.3 is 0 Å². The minimum absolute atomic E-state index is 0.0415. The number of benzene rings is 2. The Hall–Kier alpha value is -1.48. The van der Waals surface area contributed by atoms with Gasteiger partial charge in [0.25, 0.3) is 20.2 Å². The zero-order valence-electron chi connectivity index (χ0n) is 10.4. The van der Waals surface area contributed by atoms with Crippen molar-refractivity contribution in [2.45, 2.75) is 23.1 Å². The molecule has 0 unspecified atom stereocenters. The van der Waals surface area contributed by atoms with E-state index in [1.165, 1.54) is 18.2 Å². The van der Waals surface area contributed by atoms with E-state index in [1.807, 2.05) is 0 Å². The first-order chi connectivity index (χ1) is 9.16. The molecule has 0 saturated carbocycles. The van der Waals surface area contributed by atoms with E-state index in [9.17, 15) is 25.9 Å². The quantitative estimate of drug-likeness (QED) is 0.837. The third-order valence-corrected chi connectivity index (χ3v) is 4.98. The molecule has 0 atom stereocenters. The first-order valence-electron chi connectivity index (χ1n) is 5.66. The van der Waals surface area contributed by atoms with Crippen LogP contribution in [0.15, 0.2) is 40.1 Å². The van der Waals surface area contributed by atoms with Gasteiger partial charge in [0.15, 0.2) is 0 Å². The van der Waals surface area contributed by atoms with E-state index >= 15 is 0 Å². The largest absolute Gasteiger partial charge is 0.296 e. The molecule has 0 aliphatic rings. The topological polar surface area (TPSA) is 109 Å². The Morgan fingerprint density at radius 2 is 1.50 bits per heavy atom. The summed E-state index contributed by atoms with van der Waals surface area (Å²) in [5.41, 5.74) is 0.124. The number of fused-ring (bicyclic) bond motifs is 1. The Morgan fingerprint density at radius 1 is 0.950 bits per heavy atom. The molecule has 20 heavy (non-hydrogen) atoms. The van der Waals surface area contributed by atoms with Crippen LogP contribution in [0, 0.1) is 0 Å². The Labute approximate surface area is 116 Å². The highest BCUT2D eigenvalue weighted by Gasteiger charge is 2.29. The molecule has 0 aliphatic carbocycles. The molecule has 2 N–H and O–H groups in total. The average Bonchev–Trinajstić information content (AvgIpc) is 2.34. The number of rotatable bonds is 3. The van der Waals surface area contributed by atoms with E-state index in [-0.39, 0.29) is 17.4 Å². The maximum Gasteiger partial charge on any atom is 0.296 e. The van der Waals surface area contributed by atoms with E-state index in [2.05, 4.69) is 0 Å². The molecule has 2 rings (SSSR count). The molecule has 6 nitrogen and oxygen atoms in total. The van der Waals surface area contributed by atoms with Crippen molar-refractivity contribution in [3.05, 3.63) is 35.9 Å². The molecule has 0 aliphatic heterocycles. The molecule has 0 radical (unpaired) electrons. The predicted molar refractivity (Wildman–Crippen MR) is 73.0 cm³/mol. The normalized spacial score (nSPS) is 12.8. The molecule has 2 aromatic rings. The van der Waals surface area contributed by atoms with Crippen LogP contribution in [0.4, 0.5) is 0 Å². The van der Waals surface area contributed by atoms with E-state index in [4.69, 9.17) is 0 Å². The van der Waals surface area contributed by atoms with Crippen LogP contribution in [0.1, 0.15) is 12.5 Å². The van der Waals surface area contributed by atoms with Gasteiger partial charge >= 0.3 is 0 Å². The summed E-state index contributed by atoms with van der Waals surface area (Å²) in [5, 5.41) is 0.504. The van der Waals surface area contributed by atoms with E-state index in [1.54, 1.807) is 19.1 Å². The number of hydrogen-bond acceptors (Lipinski definition) is 4. The maximum atomic E-state index is 11.6. The lowest BCUT2D eigenvalue weighted by Gasteiger charge is -2.13. The number of aryl methyl sites for hydroxylation is 1. The molecule has 8 heteroatoms. The van der Waals surface area contributed by atoms with E-state index < -0.39 is 30.0 Å². The first kappa shape index (κ1) is 14.9. The summed E-state index contributed by atoms with van der Waals surface area (Å²) in [5.74, 6) is 0. The van der Waals surface area contributed by atoms with Gasteiger partial charge in [0, 0.05) is 5.39 Å². The van der Waals surface area contributed by atoms with Gasteiger partial charge in [-0.1, -0.05) is 31.2 Å². The summed E-state index contributed by atoms with van der Waals surface area (Å²) in [6.07, 6.45) is 0.183. The highest BCUT2D eigenvalue weighted by molar-refractivity contribution is 7.89. The smallest absolute Gasteiger partial charge is 0.282 e. The fourth-order valence-electron chi connectivity index (χ4n) is 2.15. The van der Waals surface area contributed by atoms with Crippen molar-refractivity contribution in [3.8, 4) is 0 Å². The van der Waals surface area contributed by atoms with Crippen LogP contribution in [0.3, 0.4) is 0 Å². The van der Waals surface area contributed by atoms with Gasteiger partial charge in [0.1, 0.15) is 9.79 Å². The van der Waals surface area contributed by atoms with E-state index in [0.29, 0.717) is 5.39 Å². The minimum atomic E-state index is -4.81. The highest BCUT2D eigenvalue weighted by Crippen LogP contribution is 2.33. The molecule has 0 aromatic heterocycles. The summed E-state index contributed by atoms with van der Waals surface area (Å²) in [6, 6.07) is 7.61. The second kappa shape index (κ2) is 4.81. The third-order valence-electron chi connectivity index (χ3n) is 2.93. The van der Waals surface area contributed by atoms with Crippen LogP contribution in [-0.4, -0.2) is 25.9 Å². The molecule has 0 fully saturated rings. The molecule has 0 amide bonds. The molecule has 2 aromatic carbocycles. The van der Waals surface area contributed by atoms with Crippen LogP contribution in [0.5, 0.6) is 0 Å². The lowest BCUT2D eigenvalue weighted by molar-refractivity contribution is 0.466. The lowest BCUT2D eigenvalue weighted by Crippen LogP contribution is -2.12.